The highest BCUT2D eigenvalue weighted by Gasteiger charge is 2.29. The molecule has 1 aliphatic heterocycles. The molecule has 3 heteroatoms. The monoisotopic (exact) mass is 157 g/mol. The Morgan fingerprint density at radius 2 is 2.55 bits per heavy atom. The summed E-state index contributed by atoms with van der Waals surface area (Å²) in [5.74, 6) is 0. The van der Waals surface area contributed by atoms with Crippen LogP contribution in [0.2, 0.25) is 0 Å². The Morgan fingerprint density at radius 1 is 1.82 bits per heavy atom. The summed E-state index contributed by atoms with van der Waals surface area (Å²) in [5, 5.41) is 10.5. The molecule has 0 spiro atoms. The SMILES string of the molecule is C=CCC1(C)CN(O)CCO1. The molecule has 0 radical (unpaired) electrons. The van der Waals surface area contributed by atoms with E-state index < -0.39 is 0 Å². The fraction of sp³-hybridized carbons (Fsp3) is 0.750. The molecule has 1 heterocycles. The Kier molecular flexibility index (Phi) is 2.65. The van der Waals surface area contributed by atoms with Gasteiger partial charge in [-0.15, -0.1) is 6.58 Å². The van der Waals surface area contributed by atoms with Crippen molar-refractivity contribution < 1.29 is 9.94 Å². The lowest BCUT2D eigenvalue weighted by Gasteiger charge is -2.36. The van der Waals surface area contributed by atoms with E-state index in [0.717, 1.165) is 6.42 Å². The third-order valence-corrected chi connectivity index (χ3v) is 1.89. The Bertz CT molecular complexity index is 149. The van der Waals surface area contributed by atoms with Gasteiger partial charge in [-0.2, -0.15) is 5.06 Å². The minimum absolute atomic E-state index is 0.241. The molecule has 1 atom stereocenters. The number of hydroxylamine groups is 2. The first-order valence-corrected chi connectivity index (χ1v) is 3.85. The van der Waals surface area contributed by atoms with E-state index in [4.69, 9.17) is 4.74 Å². The van der Waals surface area contributed by atoms with Crippen LogP contribution in [-0.2, 0) is 4.74 Å². The summed E-state index contributed by atoms with van der Waals surface area (Å²) in [4.78, 5) is 0. The quantitative estimate of drug-likeness (QED) is 0.608. The molecule has 0 saturated carbocycles. The first kappa shape index (κ1) is 8.71. The fourth-order valence-electron chi connectivity index (χ4n) is 1.34. The van der Waals surface area contributed by atoms with Crippen molar-refractivity contribution in [2.45, 2.75) is 18.9 Å². The molecule has 1 aliphatic rings. The molecule has 1 fully saturated rings. The molecule has 1 N–H and O–H groups in total. The van der Waals surface area contributed by atoms with Gasteiger partial charge in [-0.3, -0.25) is 0 Å². The van der Waals surface area contributed by atoms with Gasteiger partial charge in [0.15, 0.2) is 0 Å². The first-order valence-electron chi connectivity index (χ1n) is 3.85. The Balaban J connectivity index is 2.47. The van der Waals surface area contributed by atoms with Crippen molar-refractivity contribution in [1.82, 2.24) is 5.06 Å². The lowest BCUT2D eigenvalue weighted by molar-refractivity contribution is -0.201. The Morgan fingerprint density at radius 3 is 3.09 bits per heavy atom. The summed E-state index contributed by atoms with van der Waals surface area (Å²) in [6, 6.07) is 0. The molecule has 64 valence electrons. The Hall–Kier alpha value is -0.380. The molecule has 1 saturated heterocycles. The minimum atomic E-state index is -0.241. The molecule has 1 rings (SSSR count). The van der Waals surface area contributed by atoms with Crippen LogP contribution < -0.4 is 0 Å². The third kappa shape index (κ3) is 2.29. The molecular weight excluding hydrogens is 142 g/mol. The highest BCUT2D eigenvalue weighted by Crippen LogP contribution is 2.20. The zero-order valence-electron chi connectivity index (χ0n) is 6.92. The maximum atomic E-state index is 9.19. The van der Waals surface area contributed by atoms with Gasteiger partial charge in [0.05, 0.1) is 18.8 Å². The predicted octanol–water partition coefficient (Wildman–Crippen LogP) is 1.04. The molecule has 0 aromatic carbocycles. The predicted molar refractivity (Wildman–Crippen MR) is 42.5 cm³/mol. The molecule has 0 bridgehead atoms. The number of hydrogen-bond acceptors (Lipinski definition) is 3. The molecular formula is C8H15NO2. The van der Waals surface area contributed by atoms with E-state index in [9.17, 15) is 5.21 Å². The highest BCUT2D eigenvalue weighted by atomic mass is 16.5. The largest absolute Gasteiger partial charge is 0.372 e. The number of nitrogens with zero attached hydrogens (tertiary/aromatic N) is 1. The standard InChI is InChI=1S/C8H15NO2/c1-3-4-8(2)7-9(10)5-6-11-8/h3,10H,1,4-7H2,2H3. The average Bonchev–Trinajstić information content (AvgIpc) is 1.86. The van der Waals surface area contributed by atoms with E-state index in [1.54, 1.807) is 0 Å². The Labute approximate surface area is 67.2 Å². The highest BCUT2D eigenvalue weighted by molar-refractivity contribution is 4.87. The third-order valence-electron chi connectivity index (χ3n) is 1.89. The van der Waals surface area contributed by atoms with Crippen molar-refractivity contribution in [3.63, 3.8) is 0 Å². The van der Waals surface area contributed by atoms with Crippen LogP contribution in [0.25, 0.3) is 0 Å². The lowest BCUT2D eigenvalue weighted by atomic mass is 10.0. The molecule has 0 aromatic rings. The van der Waals surface area contributed by atoms with E-state index in [-0.39, 0.29) is 5.60 Å². The van der Waals surface area contributed by atoms with E-state index in [1.165, 1.54) is 5.06 Å². The van der Waals surface area contributed by atoms with E-state index in [1.807, 2.05) is 13.0 Å². The summed E-state index contributed by atoms with van der Waals surface area (Å²) in [7, 11) is 0. The fourth-order valence-corrected chi connectivity index (χ4v) is 1.34. The van der Waals surface area contributed by atoms with Crippen molar-refractivity contribution in [2.24, 2.45) is 0 Å². The van der Waals surface area contributed by atoms with Crippen LogP contribution in [0.15, 0.2) is 12.7 Å². The van der Waals surface area contributed by atoms with Gasteiger partial charge in [-0.1, -0.05) is 6.08 Å². The molecule has 0 aromatic heterocycles. The average molecular weight is 157 g/mol. The molecule has 3 nitrogen and oxygen atoms in total. The van der Waals surface area contributed by atoms with E-state index >= 15 is 0 Å². The van der Waals surface area contributed by atoms with Gasteiger partial charge in [-0.25, -0.2) is 0 Å². The van der Waals surface area contributed by atoms with Crippen LogP contribution in [0.5, 0.6) is 0 Å². The van der Waals surface area contributed by atoms with Gasteiger partial charge in [0.2, 0.25) is 0 Å². The van der Waals surface area contributed by atoms with Crippen molar-refractivity contribution in [3.8, 4) is 0 Å². The summed E-state index contributed by atoms with van der Waals surface area (Å²) >= 11 is 0. The summed E-state index contributed by atoms with van der Waals surface area (Å²) in [6.07, 6.45) is 2.60. The van der Waals surface area contributed by atoms with Crippen molar-refractivity contribution in [2.75, 3.05) is 19.7 Å². The lowest BCUT2D eigenvalue weighted by Crippen LogP contribution is -2.48. The van der Waals surface area contributed by atoms with Gasteiger partial charge in [-0.05, 0) is 13.3 Å². The van der Waals surface area contributed by atoms with Crippen LogP contribution in [0.1, 0.15) is 13.3 Å². The number of rotatable bonds is 2. The van der Waals surface area contributed by atoms with Crippen molar-refractivity contribution in [1.29, 1.82) is 0 Å². The first-order chi connectivity index (χ1) is 5.16. The summed E-state index contributed by atoms with van der Waals surface area (Å²) in [5.41, 5.74) is -0.241. The van der Waals surface area contributed by atoms with Crippen LogP contribution >= 0.6 is 0 Å². The minimum Gasteiger partial charge on any atom is -0.372 e. The topological polar surface area (TPSA) is 32.7 Å². The number of morpholine rings is 1. The maximum absolute atomic E-state index is 9.19. The van der Waals surface area contributed by atoms with Gasteiger partial charge < -0.3 is 9.94 Å². The number of hydrogen-bond donors (Lipinski definition) is 1. The second kappa shape index (κ2) is 3.34. The number of ether oxygens (including phenoxy) is 1. The van der Waals surface area contributed by atoms with Gasteiger partial charge >= 0.3 is 0 Å². The van der Waals surface area contributed by atoms with Crippen LogP contribution in [-0.4, -0.2) is 35.6 Å². The van der Waals surface area contributed by atoms with Crippen molar-refractivity contribution in [3.05, 3.63) is 12.7 Å². The van der Waals surface area contributed by atoms with Gasteiger partial charge in [0.1, 0.15) is 0 Å². The summed E-state index contributed by atoms with van der Waals surface area (Å²) in [6.45, 7) is 7.40. The smallest absolute Gasteiger partial charge is 0.0838 e. The zero-order valence-corrected chi connectivity index (χ0v) is 6.92. The maximum Gasteiger partial charge on any atom is 0.0838 e. The normalized spacial score (nSPS) is 33.6. The van der Waals surface area contributed by atoms with Crippen LogP contribution in [0, 0.1) is 0 Å². The zero-order chi connectivity index (χ0) is 8.32. The van der Waals surface area contributed by atoms with Gasteiger partial charge in [0, 0.05) is 6.54 Å². The summed E-state index contributed by atoms with van der Waals surface area (Å²) < 4.78 is 5.50. The molecule has 11 heavy (non-hydrogen) atoms. The van der Waals surface area contributed by atoms with Crippen LogP contribution in [0.4, 0.5) is 0 Å². The van der Waals surface area contributed by atoms with Crippen LogP contribution in [0.3, 0.4) is 0 Å². The van der Waals surface area contributed by atoms with E-state index in [2.05, 4.69) is 6.58 Å². The molecule has 1 unspecified atom stereocenters. The second-order valence-electron chi connectivity index (χ2n) is 3.18. The molecule has 0 aliphatic carbocycles. The molecule has 0 amide bonds. The van der Waals surface area contributed by atoms with Gasteiger partial charge in [0.25, 0.3) is 0 Å². The second-order valence-corrected chi connectivity index (χ2v) is 3.18. The van der Waals surface area contributed by atoms with E-state index in [0.29, 0.717) is 19.7 Å². The van der Waals surface area contributed by atoms with Crippen molar-refractivity contribution >= 4 is 0 Å².